The van der Waals surface area contributed by atoms with Crippen molar-refractivity contribution >= 4 is 56.7 Å². The minimum Gasteiger partial charge on any atom is -0.477 e. The number of ether oxygens (including phenoxy) is 1. The third-order valence-electron chi connectivity index (χ3n) is 2.23. The number of benzene rings is 1. The molecule has 1 aromatic heterocycles. The molecule has 0 atom stereocenters. The van der Waals surface area contributed by atoms with Gasteiger partial charge in [-0.2, -0.15) is 0 Å². The van der Waals surface area contributed by atoms with Crippen molar-refractivity contribution in [3.63, 3.8) is 0 Å². The first-order valence-corrected chi connectivity index (χ1v) is 7.02. The van der Waals surface area contributed by atoms with Crippen LogP contribution in [0.2, 0.25) is 15.1 Å². The second-order valence-electron chi connectivity index (χ2n) is 3.61. The van der Waals surface area contributed by atoms with E-state index in [0.717, 1.165) is 0 Å². The predicted molar refractivity (Wildman–Crippen MR) is 80.4 cm³/mol. The Kier molecular flexibility index (Phi) is 4.75. The molecular weight excluding hydrogens is 392 g/mol. The smallest absolute Gasteiger partial charge is 0.341 e. The van der Waals surface area contributed by atoms with Crippen molar-refractivity contribution in [2.75, 3.05) is 0 Å². The summed E-state index contributed by atoms with van der Waals surface area (Å²) in [6.07, 6.45) is 1.41. The lowest BCUT2D eigenvalue weighted by atomic mass is 10.3. The summed E-state index contributed by atoms with van der Waals surface area (Å²) in [5.41, 5.74) is -0.110. The molecule has 0 aliphatic carbocycles. The highest BCUT2D eigenvalue weighted by atomic mass is 79.9. The first-order chi connectivity index (χ1) is 9.38. The first-order valence-electron chi connectivity index (χ1n) is 5.09. The molecule has 4 nitrogen and oxygen atoms in total. The van der Waals surface area contributed by atoms with E-state index < -0.39 is 5.97 Å². The molecule has 2 aromatic rings. The highest BCUT2D eigenvalue weighted by molar-refractivity contribution is 9.10. The fourth-order valence-corrected chi connectivity index (χ4v) is 2.25. The van der Waals surface area contributed by atoms with Gasteiger partial charge in [-0.25, -0.2) is 9.78 Å². The van der Waals surface area contributed by atoms with Crippen LogP contribution in [-0.2, 0) is 0 Å². The Morgan fingerprint density at radius 2 is 1.80 bits per heavy atom. The fraction of sp³-hybridized carbons (Fsp3) is 0. The Bertz CT molecular complexity index is 694. The molecule has 20 heavy (non-hydrogen) atoms. The van der Waals surface area contributed by atoms with Gasteiger partial charge < -0.3 is 9.84 Å². The lowest BCUT2D eigenvalue weighted by Gasteiger charge is -2.10. The zero-order valence-corrected chi connectivity index (χ0v) is 13.4. The highest BCUT2D eigenvalue weighted by Crippen LogP contribution is 2.36. The summed E-state index contributed by atoms with van der Waals surface area (Å²) < 4.78 is 5.92. The molecule has 0 bridgehead atoms. The summed E-state index contributed by atoms with van der Waals surface area (Å²) >= 11 is 20.8. The molecule has 0 saturated carbocycles. The van der Waals surface area contributed by atoms with Gasteiger partial charge in [-0.05, 0) is 28.1 Å². The highest BCUT2D eigenvalue weighted by Gasteiger charge is 2.16. The summed E-state index contributed by atoms with van der Waals surface area (Å²) in [7, 11) is 0. The van der Waals surface area contributed by atoms with E-state index in [9.17, 15) is 4.79 Å². The van der Waals surface area contributed by atoms with Gasteiger partial charge in [0, 0.05) is 16.7 Å². The van der Waals surface area contributed by atoms with Crippen LogP contribution in [0.15, 0.2) is 28.9 Å². The Morgan fingerprint density at radius 1 is 1.15 bits per heavy atom. The maximum atomic E-state index is 11.1. The van der Waals surface area contributed by atoms with E-state index in [1.54, 1.807) is 0 Å². The number of rotatable bonds is 3. The van der Waals surface area contributed by atoms with Crippen LogP contribution in [0.4, 0.5) is 0 Å². The first kappa shape index (κ1) is 15.4. The van der Waals surface area contributed by atoms with Gasteiger partial charge in [-0.3, -0.25) is 0 Å². The molecular formula is C12H5BrCl3NO3. The van der Waals surface area contributed by atoms with E-state index in [2.05, 4.69) is 20.9 Å². The molecule has 1 aromatic carbocycles. The van der Waals surface area contributed by atoms with Crippen molar-refractivity contribution in [1.29, 1.82) is 0 Å². The standard InChI is InChI=1S/C12H5BrCl3NO3/c13-5-1-6(12(18)19)11(17-4-5)20-10-3-8(15)7(14)2-9(10)16/h1-4H,(H,18,19). The van der Waals surface area contributed by atoms with Gasteiger partial charge in [0.15, 0.2) is 0 Å². The molecule has 0 unspecified atom stereocenters. The molecule has 0 saturated heterocycles. The molecule has 0 fully saturated rings. The van der Waals surface area contributed by atoms with E-state index in [4.69, 9.17) is 44.6 Å². The van der Waals surface area contributed by atoms with Gasteiger partial charge in [-0.15, -0.1) is 0 Å². The zero-order valence-electron chi connectivity index (χ0n) is 9.53. The predicted octanol–water partition coefficient (Wildman–Crippen LogP) is 5.29. The number of carboxylic acids is 1. The Balaban J connectivity index is 2.45. The number of carbonyl (C=O) groups is 1. The fourth-order valence-electron chi connectivity index (χ4n) is 1.35. The summed E-state index contributed by atoms with van der Waals surface area (Å²) in [6, 6.07) is 4.16. The van der Waals surface area contributed by atoms with Gasteiger partial charge in [0.05, 0.1) is 15.1 Å². The minimum atomic E-state index is -1.18. The number of halogens is 4. The number of hydrogen-bond donors (Lipinski definition) is 1. The van der Waals surface area contributed by atoms with Gasteiger partial charge in [0.25, 0.3) is 0 Å². The monoisotopic (exact) mass is 395 g/mol. The van der Waals surface area contributed by atoms with Crippen LogP contribution in [0, 0.1) is 0 Å². The normalized spacial score (nSPS) is 10.4. The van der Waals surface area contributed by atoms with Crippen molar-refractivity contribution in [1.82, 2.24) is 4.98 Å². The third-order valence-corrected chi connectivity index (χ3v) is 3.68. The van der Waals surface area contributed by atoms with Crippen LogP contribution >= 0.6 is 50.7 Å². The molecule has 0 aliphatic heterocycles. The summed E-state index contributed by atoms with van der Waals surface area (Å²) in [5.74, 6) is -1.11. The number of nitrogens with zero attached hydrogens (tertiary/aromatic N) is 1. The van der Waals surface area contributed by atoms with Crippen LogP contribution in [-0.4, -0.2) is 16.1 Å². The average molecular weight is 397 g/mol. The number of aromatic nitrogens is 1. The summed E-state index contributed by atoms with van der Waals surface area (Å²) in [6.45, 7) is 0. The SMILES string of the molecule is O=C(O)c1cc(Br)cnc1Oc1cc(Cl)c(Cl)cc1Cl. The second-order valence-corrected chi connectivity index (χ2v) is 5.75. The van der Waals surface area contributed by atoms with E-state index in [1.807, 2.05) is 0 Å². The molecule has 0 spiro atoms. The van der Waals surface area contributed by atoms with Crippen molar-refractivity contribution in [2.24, 2.45) is 0 Å². The van der Waals surface area contributed by atoms with Crippen LogP contribution in [0.5, 0.6) is 11.6 Å². The zero-order chi connectivity index (χ0) is 14.9. The molecule has 1 N–H and O–H groups in total. The summed E-state index contributed by atoms with van der Waals surface area (Å²) in [5, 5.41) is 9.82. The maximum absolute atomic E-state index is 11.1. The van der Waals surface area contributed by atoms with Crippen molar-refractivity contribution in [3.8, 4) is 11.6 Å². The molecule has 0 radical (unpaired) electrons. The minimum absolute atomic E-state index is 0.0963. The number of carboxylic acid groups (broad SMARTS) is 1. The number of pyridine rings is 1. The lowest BCUT2D eigenvalue weighted by Crippen LogP contribution is -2.02. The van der Waals surface area contributed by atoms with Gasteiger partial charge in [0.1, 0.15) is 11.3 Å². The van der Waals surface area contributed by atoms with Crippen molar-refractivity contribution < 1.29 is 14.6 Å². The largest absolute Gasteiger partial charge is 0.477 e. The van der Waals surface area contributed by atoms with Crippen LogP contribution in [0.3, 0.4) is 0 Å². The number of aromatic carboxylic acids is 1. The van der Waals surface area contributed by atoms with Gasteiger partial charge in [-0.1, -0.05) is 34.8 Å². The van der Waals surface area contributed by atoms with E-state index in [-0.39, 0.29) is 32.3 Å². The topological polar surface area (TPSA) is 59.4 Å². The third kappa shape index (κ3) is 3.35. The molecule has 0 aliphatic rings. The lowest BCUT2D eigenvalue weighted by molar-refractivity contribution is 0.0693. The molecule has 0 amide bonds. The number of hydrogen-bond acceptors (Lipinski definition) is 3. The summed E-state index contributed by atoms with van der Waals surface area (Å²) in [4.78, 5) is 15.1. The molecule has 104 valence electrons. The maximum Gasteiger partial charge on any atom is 0.341 e. The molecule has 2 rings (SSSR count). The second kappa shape index (κ2) is 6.18. The van der Waals surface area contributed by atoms with Crippen molar-refractivity contribution in [3.05, 3.63) is 49.5 Å². The quantitative estimate of drug-likeness (QED) is 0.715. The van der Waals surface area contributed by atoms with E-state index >= 15 is 0 Å². The Hall–Kier alpha value is -1.01. The average Bonchev–Trinajstić information content (AvgIpc) is 2.37. The molecule has 1 heterocycles. The Morgan fingerprint density at radius 3 is 2.45 bits per heavy atom. The van der Waals surface area contributed by atoms with E-state index in [1.165, 1.54) is 24.4 Å². The van der Waals surface area contributed by atoms with Gasteiger partial charge in [0.2, 0.25) is 5.88 Å². The Labute approximate surface area is 137 Å². The van der Waals surface area contributed by atoms with Crippen LogP contribution in [0.1, 0.15) is 10.4 Å². The van der Waals surface area contributed by atoms with Crippen molar-refractivity contribution in [2.45, 2.75) is 0 Å². The van der Waals surface area contributed by atoms with E-state index in [0.29, 0.717) is 4.47 Å². The van der Waals surface area contributed by atoms with Crippen LogP contribution < -0.4 is 4.74 Å². The van der Waals surface area contributed by atoms with Gasteiger partial charge >= 0.3 is 5.97 Å². The van der Waals surface area contributed by atoms with Crippen LogP contribution in [0.25, 0.3) is 0 Å². The molecule has 8 heteroatoms.